The average Bonchev–Trinajstić information content (AvgIpc) is 3.02. The smallest absolute Gasteiger partial charge is 0.307 e. The molecule has 7 unspecified atom stereocenters. The first kappa shape index (κ1) is 35.5. The van der Waals surface area contributed by atoms with Gasteiger partial charge in [-0.2, -0.15) is 5.48 Å². The van der Waals surface area contributed by atoms with Crippen LogP contribution in [0.2, 0.25) is 0 Å². The maximum absolute atomic E-state index is 13.0. The van der Waals surface area contributed by atoms with Crippen LogP contribution >= 0.6 is 0 Å². The molecule has 0 spiro atoms. The number of aliphatic carboxylic acids is 1. The summed E-state index contributed by atoms with van der Waals surface area (Å²) in [7, 11) is 0. The molecule has 16 nitrogen and oxygen atoms in total. The summed E-state index contributed by atoms with van der Waals surface area (Å²) in [5, 5.41) is 44.2. The monoisotopic (exact) mass is 662 g/mol. The van der Waals surface area contributed by atoms with Crippen LogP contribution < -0.4 is 10.8 Å². The summed E-state index contributed by atoms with van der Waals surface area (Å²) in [5.74, 6) is -4.60. The zero-order valence-corrected chi connectivity index (χ0v) is 26.2. The van der Waals surface area contributed by atoms with Crippen LogP contribution in [0.1, 0.15) is 89.9 Å². The van der Waals surface area contributed by atoms with Crippen molar-refractivity contribution in [1.82, 2.24) is 10.8 Å². The summed E-state index contributed by atoms with van der Waals surface area (Å²) in [6.07, 6.45) is 7.44. The Bertz CT molecular complexity index is 1030. The minimum Gasteiger partial charge on any atom is -0.481 e. The third kappa shape index (κ3) is 9.60. The van der Waals surface area contributed by atoms with Gasteiger partial charge in [-0.3, -0.25) is 39.3 Å². The van der Waals surface area contributed by atoms with Crippen LogP contribution in [0.4, 0.5) is 0 Å². The van der Waals surface area contributed by atoms with E-state index in [1.54, 1.807) is 0 Å². The number of hydroxylamine groups is 1. The summed E-state index contributed by atoms with van der Waals surface area (Å²) in [4.78, 5) is 57.0. The van der Waals surface area contributed by atoms with E-state index >= 15 is 0 Å². The van der Waals surface area contributed by atoms with Crippen molar-refractivity contribution in [2.45, 2.75) is 125 Å². The molecule has 0 aromatic rings. The zero-order chi connectivity index (χ0) is 32.5. The number of hydrogen-bond acceptors (Lipinski definition) is 12. The minimum absolute atomic E-state index is 0.0299. The van der Waals surface area contributed by atoms with E-state index < -0.39 is 51.8 Å². The van der Waals surface area contributed by atoms with Crippen molar-refractivity contribution in [3.8, 4) is 0 Å². The van der Waals surface area contributed by atoms with E-state index in [0.29, 0.717) is 57.8 Å². The van der Waals surface area contributed by atoms with E-state index in [4.69, 9.17) is 14.3 Å². The Morgan fingerprint density at radius 1 is 0.822 bits per heavy atom. The highest BCUT2D eigenvalue weighted by Gasteiger charge is 2.49. The molecule has 4 aliphatic carbocycles. The fourth-order valence-corrected chi connectivity index (χ4v) is 8.91. The Hall–Kier alpha value is -2.31. The van der Waals surface area contributed by atoms with Crippen molar-refractivity contribution in [3.63, 3.8) is 0 Å². The molecule has 256 valence electrons. The van der Waals surface area contributed by atoms with Crippen molar-refractivity contribution >= 4 is 23.0 Å². The molecule has 0 heterocycles. The Morgan fingerprint density at radius 2 is 1.44 bits per heavy atom. The molecule has 1 amide bonds. The average molecular weight is 663 g/mol. The molecule has 0 bridgehead atoms. The van der Waals surface area contributed by atoms with Crippen molar-refractivity contribution in [2.24, 2.45) is 23.7 Å². The maximum Gasteiger partial charge on any atom is 0.307 e. The van der Waals surface area contributed by atoms with Gasteiger partial charge in [0.25, 0.3) is 0 Å². The molecule has 4 rings (SSSR count). The lowest BCUT2D eigenvalue weighted by Crippen LogP contribution is -2.52. The Kier molecular flexibility index (Phi) is 13.4. The van der Waals surface area contributed by atoms with Crippen LogP contribution in [-0.4, -0.2) is 85.0 Å². The molecule has 4 aliphatic rings. The summed E-state index contributed by atoms with van der Waals surface area (Å²) >= 11 is -1.52. The van der Waals surface area contributed by atoms with E-state index in [-0.39, 0.29) is 66.3 Å². The number of nitro groups is 2. The predicted molar refractivity (Wildman–Crippen MR) is 158 cm³/mol. The molecule has 0 radical (unpaired) electrons. The third-order valence-electron chi connectivity index (χ3n) is 10.2. The largest absolute Gasteiger partial charge is 0.481 e. The molecule has 0 saturated heterocycles. The second-order valence-corrected chi connectivity index (χ2v) is 14.4. The highest BCUT2D eigenvalue weighted by Crippen LogP contribution is 2.35. The summed E-state index contributed by atoms with van der Waals surface area (Å²) < 4.78 is 18.9. The first-order valence-electron chi connectivity index (χ1n) is 16.1. The van der Waals surface area contributed by atoms with Crippen molar-refractivity contribution in [1.29, 1.82) is 0 Å². The van der Waals surface area contributed by atoms with Gasteiger partial charge >= 0.3 is 5.97 Å². The van der Waals surface area contributed by atoms with Crippen LogP contribution in [0.3, 0.4) is 0 Å². The number of nitrogens with zero attached hydrogens (tertiary/aromatic N) is 2. The van der Waals surface area contributed by atoms with Crippen LogP contribution in [0.25, 0.3) is 0 Å². The van der Waals surface area contributed by atoms with Crippen molar-refractivity contribution in [2.75, 3.05) is 13.2 Å². The Morgan fingerprint density at radius 3 is 2.07 bits per heavy atom. The van der Waals surface area contributed by atoms with Gasteiger partial charge in [0.2, 0.25) is 18.0 Å². The second-order valence-electron chi connectivity index (χ2n) is 13.0. The number of carboxylic acid groups (broad SMARTS) is 1. The number of nitrogens with one attached hydrogen (secondary N) is 2. The van der Waals surface area contributed by atoms with E-state index in [2.05, 4.69) is 15.7 Å². The first-order valence-corrected chi connectivity index (χ1v) is 17.2. The lowest BCUT2D eigenvalue weighted by molar-refractivity contribution is -0.540. The van der Waals surface area contributed by atoms with Gasteiger partial charge < -0.3 is 15.3 Å². The molecule has 0 aromatic carbocycles. The SMILES string of the molecule is O=C(O)C1CCCC([N+](=O)[O-])C1C(=O)NC1CCC(S(=O)OC2CCC(NOCC3C(COO)CCCC3[N+](=O)[O-])CC2)CC1. The van der Waals surface area contributed by atoms with Gasteiger partial charge in [0.15, 0.2) is 11.1 Å². The molecule has 0 aliphatic heterocycles. The highest BCUT2D eigenvalue weighted by atomic mass is 32.2. The van der Waals surface area contributed by atoms with Crippen LogP contribution in [0.5, 0.6) is 0 Å². The van der Waals surface area contributed by atoms with Gasteiger partial charge in [0.05, 0.1) is 36.4 Å². The van der Waals surface area contributed by atoms with Crippen LogP contribution in [-0.2, 0) is 34.6 Å². The number of rotatable bonds is 14. The topological polar surface area (TPSA) is 230 Å². The van der Waals surface area contributed by atoms with Gasteiger partial charge in [-0.05, 0) is 83.0 Å². The Labute approximate surface area is 264 Å². The lowest BCUT2D eigenvalue weighted by Gasteiger charge is -2.34. The third-order valence-corrected chi connectivity index (χ3v) is 11.7. The molecule has 0 aromatic heterocycles. The van der Waals surface area contributed by atoms with E-state index in [0.717, 1.165) is 19.3 Å². The van der Waals surface area contributed by atoms with Gasteiger partial charge in [-0.25, -0.2) is 9.10 Å². The first-order chi connectivity index (χ1) is 21.6. The molecule has 45 heavy (non-hydrogen) atoms. The van der Waals surface area contributed by atoms with Gasteiger partial charge in [0, 0.05) is 34.8 Å². The van der Waals surface area contributed by atoms with E-state index in [1.165, 1.54) is 0 Å². The number of carbonyl (C=O) groups excluding carboxylic acids is 1. The van der Waals surface area contributed by atoms with Crippen molar-refractivity contribution < 1.29 is 47.9 Å². The zero-order valence-electron chi connectivity index (χ0n) is 25.4. The minimum atomic E-state index is -1.52. The number of carbonyl (C=O) groups is 2. The summed E-state index contributed by atoms with van der Waals surface area (Å²) in [5.41, 5.74) is 3.03. The standard InChI is InChI=1S/C28H46N4O12S/c33-27(26-22(28(34)35)4-2-6-25(26)32(38)39)29-18-9-13-21(14-10-18)45(41)44-20-11-7-19(8-12-20)30-42-16-23-17(15-43-40)3-1-5-24(23)31(36)37/h17-26,30,40H,1-16H2,(H,29,33)(H,34,35). The van der Waals surface area contributed by atoms with Crippen LogP contribution in [0, 0.1) is 43.9 Å². The number of amides is 1. The Balaban J connectivity index is 1.15. The molecular weight excluding hydrogens is 616 g/mol. The van der Waals surface area contributed by atoms with Gasteiger partial charge in [-0.1, -0.05) is 0 Å². The fraction of sp³-hybridized carbons (Fsp3) is 0.929. The molecule has 4 fully saturated rings. The molecular formula is C28H46N4O12S. The van der Waals surface area contributed by atoms with Gasteiger partial charge in [0.1, 0.15) is 5.92 Å². The molecule has 17 heteroatoms. The summed E-state index contributed by atoms with van der Waals surface area (Å²) in [6, 6.07) is -2.20. The lowest BCUT2D eigenvalue weighted by atomic mass is 9.75. The van der Waals surface area contributed by atoms with Crippen molar-refractivity contribution in [3.05, 3.63) is 20.2 Å². The normalized spacial score (nSPS) is 36.5. The molecule has 7 atom stereocenters. The van der Waals surface area contributed by atoms with E-state index in [1.807, 2.05) is 0 Å². The predicted octanol–water partition coefficient (Wildman–Crippen LogP) is 2.62. The van der Waals surface area contributed by atoms with Crippen LogP contribution in [0.15, 0.2) is 0 Å². The van der Waals surface area contributed by atoms with Gasteiger partial charge in [-0.15, -0.1) is 0 Å². The number of carboxylic acids is 1. The summed E-state index contributed by atoms with van der Waals surface area (Å²) in [6.45, 7) is 0.173. The fourth-order valence-electron chi connectivity index (χ4n) is 7.64. The second kappa shape index (κ2) is 17.0. The molecule has 4 saturated carbocycles. The number of hydrogen-bond donors (Lipinski definition) is 4. The quantitative estimate of drug-likeness (QED) is 0.119. The maximum atomic E-state index is 13.0. The highest BCUT2D eigenvalue weighted by molar-refractivity contribution is 7.80. The van der Waals surface area contributed by atoms with E-state index in [9.17, 15) is 39.1 Å². The molecule has 4 N–H and O–H groups in total.